The van der Waals surface area contributed by atoms with Crippen LogP contribution in [-0.4, -0.2) is 30.9 Å². The van der Waals surface area contributed by atoms with Gasteiger partial charge in [0.25, 0.3) is 0 Å². The van der Waals surface area contributed by atoms with E-state index in [1.54, 1.807) is 32.5 Å². The summed E-state index contributed by atoms with van der Waals surface area (Å²) in [5.74, 6) is 0.590. The molecule has 0 amide bonds. The minimum atomic E-state index is -0.666. The van der Waals surface area contributed by atoms with Gasteiger partial charge in [0.15, 0.2) is 0 Å². The molecule has 4 heteroatoms. The Kier molecular flexibility index (Phi) is 4.52. The highest BCUT2D eigenvalue weighted by Crippen LogP contribution is 2.27. The Balaban J connectivity index is 2.84. The topological polar surface area (TPSA) is 51.6 Å². The average Bonchev–Trinajstić information content (AvgIpc) is 2.28. The number of ether oxygens (including phenoxy) is 2. The molecule has 1 aromatic rings. The Labute approximate surface area is 89.9 Å². The van der Waals surface area contributed by atoms with Gasteiger partial charge in [0.2, 0.25) is 0 Å². The van der Waals surface area contributed by atoms with Crippen molar-refractivity contribution in [3.05, 3.63) is 24.0 Å². The van der Waals surface area contributed by atoms with Crippen molar-refractivity contribution < 1.29 is 14.6 Å². The van der Waals surface area contributed by atoms with Crippen LogP contribution in [0, 0.1) is 5.92 Å². The summed E-state index contributed by atoms with van der Waals surface area (Å²) in [6, 6.07) is 3.56. The van der Waals surface area contributed by atoms with Crippen molar-refractivity contribution in [1.29, 1.82) is 0 Å². The van der Waals surface area contributed by atoms with Crippen LogP contribution in [0.25, 0.3) is 0 Å². The number of aliphatic hydroxyl groups excluding tert-OH is 1. The van der Waals surface area contributed by atoms with Crippen LogP contribution >= 0.6 is 0 Å². The third kappa shape index (κ3) is 2.91. The summed E-state index contributed by atoms with van der Waals surface area (Å²) in [5, 5.41) is 10.0. The molecule has 2 unspecified atom stereocenters. The summed E-state index contributed by atoms with van der Waals surface area (Å²) in [6.45, 7) is 2.39. The molecular weight excluding hydrogens is 194 g/mol. The van der Waals surface area contributed by atoms with Crippen LogP contribution in [0.4, 0.5) is 0 Å². The van der Waals surface area contributed by atoms with E-state index in [0.29, 0.717) is 18.1 Å². The first-order valence-electron chi connectivity index (χ1n) is 4.86. The second-order valence-corrected chi connectivity index (χ2v) is 3.47. The van der Waals surface area contributed by atoms with E-state index in [4.69, 9.17) is 9.47 Å². The van der Waals surface area contributed by atoms with E-state index in [-0.39, 0.29) is 5.92 Å². The summed E-state index contributed by atoms with van der Waals surface area (Å²) in [5.41, 5.74) is 0.560. The number of pyridine rings is 1. The number of hydrogen-bond acceptors (Lipinski definition) is 4. The highest BCUT2D eigenvalue weighted by atomic mass is 16.5. The molecule has 0 saturated heterocycles. The van der Waals surface area contributed by atoms with Crippen LogP contribution in [0.2, 0.25) is 0 Å². The zero-order valence-corrected chi connectivity index (χ0v) is 9.30. The van der Waals surface area contributed by atoms with Crippen LogP contribution in [0.5, 0.6) is 5.75 Å². The fourth-order valence-electron chi connectivity index (χ4n) is 1.42. The highest BCUT2D eigenvalue weighted by Gasteiger charge is 2.20. The molecule has 0 saturated carbocycles. The highest BCUT2D eigenvalue weighted by molar-refractivity contribution is 5.28. The van der Waals surface area contributed by atoms with E-state index >= 15 is 0 Å². The number of nitrogens with zero attached hydrogens (tertiary/aromatic N) is 1. The lowest BCUT2D eigenvalue weighted by Gasteiger charge is -2.19. The standard InChI is InChI=1S/C11H17NO3/c1-8(7-14-2)11(13)10-9(15-3)5-4-6-12-10/h4-6,8,11,13H,7H2,1-3H3. The molecule has 4 nitrogen and oxygen atoms in total. The van der Waals surface area contributed by atoms with E-state index in [1.807, 2.05) is 6.92 Å². The monoisotopic (exact) mass is 211 g/mol. The van der Waals surface area contributed by atoms with Gasteiger partial charge in [-0.05, 0) is 12.1 Å². The van der Waals surface area contributed by atoms with Gasteiger partial charge in [-0.1, -0.05) is 6.92 Å². The van der Waals surface area contributed by atoms with Gasteiger partial charge in [-0.15, -0.1) is 0 Å². The van der Waals surface area contributed by atoms with Crippen LogP contribution in [-0.2, 0) is 4.74 Å². The smallest absolute Gasteiger partial charge is 0.143 e. The minimum absolute atomic E-state index is 0.0150. The first-order chi connectivity index (χ1) is 7.20. The molecular formula is C11H17NO3. The number of rotatable bonds is 5. The number of hydrogen-bond donors (Lipinski definition) is 1. The Morgan fingerprint density at radius 2 is 2.20 bits per heavy atom. The van der Waals surface area contributed by atoms with Gasteiger partial charge in [-0.25, -0.2) is 0 Å². The lowest BCUT2D eigenvalue weighted by molar-refractivity contribution is 0.0524. The van der Waals surface area contributed by atoms with Crippen molar-refractivity contribution in [3.63, 3.8) is 0 Å². The van der Waals surface area contributed by atoms with Gasteiger partial charge < -0.3 is 14.6 Å². The van der Waals surface area contributed by atoms with Crippen molar-refractivity contribution in [2.75, 3.05) is 20.8 Å². The van der Waals surface area contributed by atoms with Crippen LogP contribution in [0.1, 0.15) is 18.7 Å². The lowest BCUT2D eigenvalue weighted by Crippen LogP contribution is -2.16. The SMILES string of the molecule is COCC(C)C(O)c1ncccc1OC. The van der Waals surface area contributed by atoms with Gasteiger partial charge in [-0.2, -0.15) is 0 Å². The van der Waals surface area contributed by atoms with Gasteiger partial charge in [0, 0.05) is 19.2 Å². The molecule has 0 fully saturated rings. The molecule has 0 aromatic carbocycles. The summed E-state index contributed by atoms with van der Waals surface area (Å²) < 4.78 is 10.1. The van der Waals surface area contributed by atoms with Gasteiger partial charge in [0.05, 0.1) is 13.7 Å². The zero-order chi connectivity index (χ0) is 11.3. The van der Waals surface area contributed by atoms with Gasteiger partial charge in [-0.3, -0.25) is 4.98 Å². The largest absolute Gasteiger partial charge is 0.495 e. The Bertz CT molecular complexity index is 304. The molecule has 0 bridgehead atoms. The molecule has 0 spiro atoms. The van der Waals surface area contributed by atoms with E-state index in [1.165, 1.54) is 0 Å². The summed E-state index contributed by atoms with van der Waals surface area (Å²) in [4.78, 5) is 4.12. The summed E-state index contributed by atoms with van der Waals surface area (Å²) >= 11 is 0. The number of aromatic nitrogens is 1. The third-order valence-electron chi connectivity index (χ3n) is 2.27. The fraction of sp³-hybridized carbons (Fsp3) is 0.545. The van der Waals surface area contributed by atoms with Crippen molar-refractivity contribution in [2.24, 2.45) is 5.92 Å². The number of aliphatic hydroxyl groups is 1. The van der Waals surface area contributed by atoms with E-state index in [0.717, 1.165) is 0 Å². The van der Waals surface area contributed by atoms with Crippen LogP contribution in [0.15, 0.2) is 18.3 Å². The molecule has 84 valence electrons. The first-order valence-corrected chi connectivity index (χ1v) is 4.86. The predicted octanol–water partition coefficient (Wildman–Crippen LogP) is 1.41. The third-order valence-corrected chi connectivity index (χ3v) is 2.27. The molecule has 0 aliphatic carbocycles. The van der Waals surface area contributed by atoms with E-state index in [2.05, 4.69) is 4.98 Å². The Hall–Kier alpha value is -1.13. The molecule has 0 aliphatic heterocycles. The van der Waals surface area contributed by atoms with Crippen molar-refractivity contribution in [1.82, 2.24) is 4.98 Å². The Morgan fingerprint density at radius 1 is 1.47 bits per heavy atom. The van der Waals surface area contributed by atoms with Crippen molar-refractivity contribution >= 4 is 0 Å². The van der Waals surface area contributed by atoms with Gasteiger partial charge >= 0.3 is 0 Å². The van der Waals surface area contributed by atoms with Crippen molar-refractivity contribution in [2.45, 2.75) is 13.0 Å². The Morgan fingerprint density at radius 3 is 2.80 bits per heavy atom. The maximum atomic E-state index is 10.0. The molecule has 1 N–H and O–H groups in total. The van der Waals surface area contributed by atoms with Crippen LogP contribution in [0.3, 0.4) is 0 Å². The second kappa shape index (κ2) is 5.68. The summed E-state index contributed by atoms with van der Waals surface area (Å²) in [7, 11) is 3.17. The van der Waals surface area contributed by atoms with E-state index in [9.17, 15) is 5.11 Å². The second-order valence-electron chi connectivity index (χ2n) is 3.47. The quantitative estimate of drug-likeness (QED) is 0.800. The molecule has 2 atom stereocenters. The fourth-order valence-corrected chi connectivity index (χ4v) is 1.42. The van der Waals surface area contributed by atoms with Gasteiger partial charge in [0.1, 0.15) is 17.5 Å². The maximum absolute atomic E-state index is 10.0. The van der Waals surface area contributed by atoms with E-state index < -0.39 is 6.10 Å². The molecule has 1 aromatic heterocycles. The molecule has 0 radical (unpaired) electrons. The normalized spacial score (nSPS) is 14.7. The molecule has 1 rings (SSSR count). The molecule has 15 heavy (non-hydrogen) atoms. The number of methoxy groups -OCH3 is 2. The molecule has 0 aliphatic rings. The minimum Gasteiger partial charge on any atom is -0.495 e. The van der Waals surface area contributed by atoms with Crippen molar-refractivity contribution in [3.8, 4) is 5.75 Å². The predicted molar refractivity (Wildman–Crippen MR) is 56.8 cm³/mol. The molecule has 1 heterocycles. The zero-order valence-electron chi connectivity index (χ0n) is 9.30. The lowest BCUT2D eigenvalue weighted by atomic mass is 10.0. The first kappa shape index (κ1) is 11.9. The maximum Gasteiger partial charge on any atom is 0.143 e. The summed E-state index contributed by atoms with van der Waals surface area (Å²) in [6.07, 6.45) is 0.974. The average molecular weight is 211 g/mol. The van der Waals surface area contributed by atoms with Crippen LogP contribution < -0.4 is 4.74 Å².